The van der Waals surface area contributed by atoms with Gasteiger partial charge in [0.1, 0.15) is 12.2 Å². The van der Waals surface area contributed by atoms with Crippen LogP contribution in [-0.4, -0.2) is 90.3 Å². The molecule has 0 saturated heterocycles. The van der Waals surface area contributed by atoms with Crippen LogP contribution in [0, 0.1) is 51.8 Å². The van der Waals surface area contributed by atoms with Crippen LogP contribution in [0.5, 0.6) is 0 Å². The topological polar surface area (TPSA) is 202 Å². The van der Waals surface area contributed by atoms with Crippen LogP contribution in [0.3, 0.4) is 0 Å². The van der Waals surface area contributed by atoms with Gasteiger partial charge in [0.25, 0.3) is 0 Å². The number of aliphatic hydroxyl groups is 5. The van der Waals surface area contributed by atoms with Crippen molar-refractivity contribution in [3.05, 3.63) is 11.6 Å². The first kappa shape index (κ1) is 35.3. The average Bonchev–Trinajstić information content (AvgIpc) is 2.99. The summed E-state index contributed by atoms with van der Waals surface area (Å²) in [6.07, 6.45) is 2.47. The molecule has 0 aliphatic heterocycles. The number of esters is 1. The summed E-state index contributed by atoms with van der Waals surface area (Å²) in [5.41, 5.74) is -0.805. The van der Waals surface area contributed by atoms with Gasteiger partial charge in [0.05, 0.1) is 17.1 Å². The van der Waals surface area contributed by atoms with Crippen molar-refractivity contribution in [2.75, 3.05) is 6.61 Å². The molecule has 0 radical (unpaired) electrons. The van der Waals surface area contributed by atoms with E-state index >= 15 is 0 Å². The Kier molecular flexibility index (Phi) is 9.54. The van der Waals surface area contributed by atoms with Crippen molar-refractivity contribution < 1.29 is 54.9 Å². The van der Waals surface area contributed by atoms with E-state index in [4.69, 9.17) is 9.84 Å². The molecule has 11 nitrogen and oxygen atoms in total. The molecule has 5 aliphatic carbocycles. The van der Waals surface area contributed by atoms with Crippen LogP contribution in [0.2, 0.25) is 0 Å². The van der Waals surface area contributed by atoms with Crippen LogP contribution in [-0.2, 0) is 19.1 Å². The highest BCUT2D eigenvalue weighted by atomic mass is 16.6. The van der Waals surface area contributed by atoms with Crippen LogP contribution in [0.4, 0.5) is 0 Å². The number of hydrogen-bond donors (Lipinski definition) is 7. The minimum Gasteiger partial charge on any atom is -0.479 e. The molecule has 14 atom stereocenters. The fourth-order valence-corrected chi connectivity index (χ4v) is 11.5. The number of ether oxygens (including phenoxy) is 1. The third kappa shape index (κ3) is 5.61. The van der Waals surface area contributed by atoms with Gasteiger partial charge < -0.3 is 40.5 Å². The predicted octanol–water partition coefficient (Wildman–Crippen LogP) is 2.90. The van der Waals surface area contributed by atoms with E-state index in [9.17, 15) is 45.0 Å². The molecular weight excluding hydrogens is 596 g/mol. The van der Waals surface area contributed by atoms with Crippen LogP contribution >= 0.6 is 0 Å². The first-order chi connectivity index (χ1) is 21.4. The van der Waals surface area contributed by atoms with Crippen LogP contribution in [0.15, 0.2) is 11.6 Å². The molecule has 5 aliphatic rings. The number of carboxylic acid groups (broad SMARTS) is 2. The summed E-state index contributed by atoms with van der Waals surface area (Å²) in [4.78, 5) is 35.8. The standard InChI is InChI=1S/C35H54O11/c1-18-7-13-35(31(44)46-17-26(37)38)14-9-21-20(22(35)15-18)5-6-24-32(21,2)12-10-25-33(24,3)11-8-19(34(25,4)45)16-23(36)27(39)28(40)29(41)30(42)43/h5,18-19,21-25,27-29,36,39-41,45H,6-17H2,1-4H3,(H,37,38)(H,42,43)/t18?,19?,21?,22?,23?,24?,25?,27?,28?,29?,32?,33?,34-,35?/m1/s1. The highest BCUT2D eigenvalue weighted by molar-refractivity contribution is 5.81. The van der Waals surface area contributed by atoms with Gasteiger partial charge >= 0.3 is 17.9 Å². The molecule has 0 heterocycles. The van der Waals surface area contributed by atoms with Crippen molar-refractivity contribution in [1.82, 2.24) is 0 Å². The van der Waals surface area contributed by atoms with Crippen molar-refractivity contribution in [2.45, 2.75) is 128 Å². The van der Waals surface area contributed by atoms with Crippen LogP contribution < -0.4 is 0 Å². The normalized spacial score (nSPS) is 44.5. The first-order valence-corrected chi connectivity index (χ1v) is 17.2. The number of carbonyl (C=O) groups excluding carboxylic acids is 1. The van der Waals surface area contributed by atoms with E-state index in [2.05, 4.69) is 26.8 Å². The second-order valence-electron chi connectivity index (χ2n) is 16.3. The molecule has 0 aromatic heterocycles. The molecule has 5 rings (SSSR count). The van der Waals surface area contributed by atoms with Gasteiger partial charge in [-0.2, -0.15) is 0 Å². The van der Waals surface area contributed by atoms with Gasteiger partial charge in [0.2, 0.25) is 0 Å². The lowest BCUT2D eigenvalue weighted by Crippen LogP contribution is -2.64. The molecular formula is C35H54O11. The Morgan fingerprint density at radius 2 is 1.52 bits per heavy atom. The molecule has 0 aromatic carbocycles. The number of carbonyl (C=O) groups is 3. The van der Waals surface area contributed by atoms with Gasteiger partial charge in [0.15, 0.2) is 12.7 Å². The van der Waals surface area contributed by atoms with E-state index in [1.807, 2.05) is 0 Å². The molecule has 0 bridgehead atoms. The quantitative estimate of drug-likeness (QED) is 0.143. The fraction of sp³-hybridized carbons (Fsp3) is 0.857. The highest BCUT2D eigenvalue weighted by Crippen LogP contribution is 2.71. The van der Waals surface area contributed by atoms with Gasteiger partial charge in [-0.15, -0.1) is 0 Å². The monoisotopic (exact) mass is 650 g/mol. The molecule has 0 amide bonds. The maximum Gasteiger partial charge on any atom is 0.341 e. The van der Waals surface area contributed by atoms with Crippen LogP contribution in [0.1, 0.15) is 98.3 Å². The lowest BCUT2D eigenvalue weighted by molar-refractivity contribution is -0.215. The zero-order valence-corrected chi connectivity index (χ0v) is 27.6. The summed E-state index contributed by atoms with van der Waals surface area (Å²) < 4.78 is 5.37. The summed E-state index contributed by atoms with van der Waals surface area (Å²) >= 11 is 0. The average molecular weight is 651 g/mol. The molecule has 0 spiro atoms. The Morgan fingerprint density at radius 1 is 0.870 bits per heavy atom. The highest BCUT2D eigenvalue weighted by Gasteiger charge is 2.66. The van der Waals surface area contributed by atoms with Gasteiger partial charge in [-0.05, 0) is 124 Å². The first-order valence-electron chi connectivity index (χ1n) is 17.2. The summed E-state index contributed by atoms with van der Waals surface area (Å²) in [5.74, 6) is -2.68. The Morgan fingerprint density at radius 3 is 2.17 bits per heavy atom. The molecule has 4 fully saturated rings. The van der Waals surface area contributed by atoms with E-state index < -0.39 is 59.9 Å². The maximum absolute atomic E-state index is 13.5. The number of fused-ring (bicyclic) bond motifs is 7. The largest absolute Gasteiger partial charge is 0.479 e. The van der Waals surface area contributed by atoms with E-state index in [0.717, 1.165) is 44.9 Å². The minimum atomic E-state index is -2.24. The predicted molar refractivity (Wildman–Crippen MR) is 165 cm³/mol. The maximum atomic E-state index is 13.5. The van der Waals surface area contributed by atoms with E-state index in [1.165, 1.54) is 5.57 Å². The Hall–Kier alpha value is -2.05. The third-order valence-corrected chi connectivity index (χ3v) is 14.0. The number of carboxylic acids is 2. The van der Waals surface area contributed by atoms with Gasteiger partial charge in [-0.25, -0.2) is 9.59 Å². The molecule has 4 saturated carbocycles. The SMILES string of the molecule is CC1CCC2(C(=O)OCC(=O)O)CCC3C(=CCC4C3(C)CCC3C4(C)CCC(CC(O)C(O)C(O)C(O)C(=O)O)[C@@]3(C)O)C2C1. The van der Waals surface area contributed by atoms with Gasteiger partial charge in [-0.1, -0.05) is 32.4 Å². The van der Waals surface area contributed by atoms with E-state index in [-0.39, 0.29) is 46.9 Å². The second-order valence-corrected chi connectivity index (χ2v) is 16.3. The smallest absolute Gasteiger partial charge is 0.341 e. The molecule has 13 unspecified atom stereocenters. The second kappa shape index (κ2) is 12.4. The lowest BCUT2D eigenvalue weighted by Gasteiger charge is -2.67. The molecule has 11 heteroatoms. The van der Waals surface area contributed by atoms with Crippen molar-refractivity contribution in [2.24, 2.45) is 51.8 Å². The van der Waals surface area contributed by atoms with Gasteiger partial charge in [0, 0.05) is 0 Å². The summed E-state index contributed by atoms with van der Waals surface area (Å²) in [7, 11) is 0. The molecule has 7 N–H and O–H groups in total. The molecule has 0 aromatic rings. The number of hydrogen-bond acceptors (Lipinski definition) is 9. The number of allylic oxidation sites excluding steroid dienone is 2. The van der Waals surface area contributed by atoms with Crippen LogP contribution in [0.25, 0.3) is 0 Å². The Labute approximate surface area is 271 Å². The number of aliphatic carboxylic acids is 2. The Bertz CT molecular complexity index is 1230. The molecule has 260 valence electrons. The zero-order valence-electron chi connectivity index (χ0n) is 27.6. The Balaban J connectivity index is 1.38. The fourth-order valence-electron chi connectivity index (χ4n) is 11.5. The number of rotatable bonds is 9. The summed E-state index contributed by atoms with van der Waals surface area (Å²) in [6.45, 7) is 8.07. The summed E-state index contributed by atoms with van der Waals surface area (Å²) in [6, 6.07) is 0. The zero-order chi connectivity index (χ0) is 34.0. The van der Waals surface area contributed by atoms with Gasteiger partial charge in [-0.3, -0.25) is 4.79 Å². The van der Waals surface area contributed by atoms with Crippen molar-refractivity contribution >= 4 is 17.9 Å². The minimum absolute atomic E-state index is 0.0290. The molecule has 46 heavy (non-hydrogen) atoms. The third-order valence-electron chi connectivity index (χ3n) is 14.0. The summed E-state index contributed by atoms with van der Waals surface area (Å²) in [5, 5.41) is 71.2. The van der Waals surface area contributed by atoms with Crippen molar-refractivity contribution in [1.29, 1.82) is 0 Å². The van der Waals surface area contributed by atoms with Crippen molar-refractivity contribution in [3.63, 3.8) is 0 Å². The van der Waals surface area contributed by atoms with E-state index in [1.54, 1.807) is 6.92 Å². The van der Waals surface area contributed by atoms with Crippen molar-refractivity contribution in [3.8, 4) is 0 Å². The number of aliphatic hydroxyl groups excluding tert-OH is 4. The van der Waals surface area contributed by atoms with E-state index in [0.29, 0.717) is 25.2 Å². The lowest BCUT2D eigenvalue weighted by atomic mass is 9.37.